The van der Waals surface area contributed by atoms with Crippen molar-refractivity contribution in [3.05, 3.63) is 64.4 Å². The van der Waals surface area contributed by atoms with Crippen molar-refractivity contribution in [2.45, 2.75) is 19.4 Å². The Morgan fingerprint density at radius 3 is 2.71 bits per heavy atom. The summed E-state index contributed by atoms with van der Waals surface area (Å²) in [6.45, 7) is 2.03. The van der Waals surface area contributed by atoms with Gasteiger partial charge in [0, 0.05) is 23.7 Å². The van der Waals surface area contributed by atoms with Crippen molar-refractivity contribution >= 4 is 11.3 Å². The lowest BCUT2D eigenvalue weighted by molar-refractivity contribution is 0.567. The van der Waals surface area contributed by atoms with Crippen molar-refractivity contribution in [2.24, 2.45) is 0 Å². The number of nitrogens with one attached hydrogen (secondary N) is 1. The molecule has 1 unspecified atom stereocenters. The Morgan fingerprint density at radius 2 is 2.05 bits per heavy atom. The molecule has 3 aromatic rings. The first-order valence-corrected chi connectivity index (χ1v) is 7.83. The van der Waals surface area contributed by atoms with Crippen molar-refractivity contribution in [3.63, 3.8) is 0 Å². The molecule has 0 amide bonds. The predicted molar refractivity (Wildman–Crippen MR) is 85.9 cm³/mol. The number of likely N-dealkylation sites (N-methyl/N-ethyl adjacent to an activating group) is 1. The summed E-state index contributed by atoms with van der Waals surface area (Å²) in [7, 11) is 1.96. The Morgan fingerprint density at radius 1 is 1.24 bits per heavy atom. The minimum absolute atomic E-state index is 0.181. The third-order valence-electron chi connectivity index (χ3n) is 3.38. The number of thiazole rings is 1. The number of nitrogens with zero attached hydrogens (tertiary/aromatic N) is 3. The predicted octanol–water partition coefficient (Wildman–Crippen LogP) is 3.14. The van der Waals surface area contributed by atoms with Crippen molar-refractivity contribution < 1.29 is 0 Å². The molecule has 0 aliphatic carbocycles. The van der Waals surface area contributed by atoms with Gasteiger partial charge in [0.2, 0.25) is 0 Å². The molecule has 0 saturated heterocycles. The quantitative estimate of drug-likeness (QED) is 0.787. The van der Waals surface area contributed by atoms with Crippen LogP contribution in [0.1, 0.15) is 22.4 Å². The molecule has 21 heavy (non-hydrogen) atoms. The van der Waals surface area contributed by atoms with Crippen LogP contribution in [0, 0.1) is 6.92 Å². The van der Waals surface area contributed by atoms with Crippen LogP contribution in [0.25, 0.3) is 5.69 Å². The highest BCUT2D eigenvalue weighted by Crippen LogP contribution is 2.20. The van der Waals surface area contributed by atoms with Gasteiger partial charge in [0.15, 0.2) is 0 Å². The van der Waals surface area contributed by atoms with Gasteiger partial charge in [-0.15, -0.1) is 11.3 Å². The third-order valence-corrected chi connectivity index (χ3v) is 4.37. The lowest BCUT2D eigenvalue weighted by Crippen LogP contribution is -2.19. The van der Waals surface area contributed by atoms with Crippen LogP contribution in [0.3, 0.4) is 0 Å². The first-order chi connectivity index (χ1) is 10.3. The standard InChI is InChI=1S/C16H18N4S/c1-12-11-21-16(18-12)10-15(17-2)14-8-9-20(19-14)13-6-4-3-5-7-13/h3-9,11,15,17H,10H2,1-2H3. The van der Waals surface area contributed by atoms with E-state index >= 15 is 0 Å². The summed E-state index contributed by atoms with van der Waals surface area (Å²) in [6, 6.07) is 12.4. The molecule has 0 aliphatic heterocycles. The fourth-order valence-electron chi connectivity index (χ4n) is 2.27. The molecule has 4 nitrogen and oxygen atoms in total. The van der Waals surface area contributed by atoms with Crippen LogP contribution in [0.5, 0.6) is 0 Å². The van der Waals surface area contributed by atoms with E-state index in [2.05, 4.69) is 39.0 Å². The average Bonchev–Trinajstić information content (AvgIpc) is 3.15. The summed E-state index contributed by atoms with van der Waals surface area (Å²) in [5.41, 5.74) is 3.19. The van der Waals surface area contributed by atoms with Gasteiger partial charge in [-0.05, 0) is 32.2 Å². The minimum atomic E-state index is 0.181. The van der Waals surface area contributed by atoms with Gasteiger partial charge in [0.25, 0.3) is 0 Å². The van der Waals surface area contributed by atoms with Gasteiger partial charge in [0.05, 0.1) is 22.4 Å². The average molecular weight is 298 g/mol. The van der Waals surface area contributed by atoms with Crippen molar-refractivity contribution in [2.75, 3.05) is 7.05 Å². The maximum absolute atomic E-state index is 4.69. The highest BCUT2D eigenvalue weighted by Gasteiger charge is 2.15. The Hall–Kier alpha value is -1.98. The van der Waals surface area contributed by atoms with Gasteiger partial charge in [-0.1, -0.05) is 18.2 Å². The van der Waals surface area contributed by atoms with Gasteiger partial charge >= 0.3 is 0 Å². The third kappa shape index (κ3) is 3.20. The Kier molecular flexibility index (Phi) is 4.13. The molecule has 0 aliphatic rings. The first-order valence-electron chi connectivity index (χ1n) is 6.95. The second-order valence-electron chi connectivity index (χ2n) is 4.95. The van der Waals surface area contributed by atoms with E-state index in [9.17, 15) is 0 Å². The zero-order chi connectivity index (χ0) is 14.7. The normalized spacial score (nSPS) is 12.5. The zero-order valence-electron chi connectivity index (χ0n) is 12.2. The summed E-state index contributed by atoms with van der Waals surface area (Å²) < 4.78 is 1.91. The first kappa shape index (κ1) is 14.0. The maximum Gasteiger partial charge on any atom is 0.0947 e. The van der Waals surface area contributed by atoms with Crippen molar-refractivity contribution in [3.8, 4) is 5.69 Å². The number of hydrogen-bond acceptors (Lipinski definition) is 4. The molecule has 1 aromatic carbocycles. The Labute approximate surface area is 128 Å². The Bertz CT molecular complexity index is 702. The summed E-state index contributed by atoms with van der Waals surface area (Å²) in [5, 5.41) is 11.2. The molecular formula is C16H18N4S. The zero-order valence-corrected chi connectivity index (χ0v) is 13.0. The molecule has 0 saturated carbocycles. The number of aryl methyl sites for hydroxylation is 1. The number of aromatic nitrogens is 3. The lowest BCUT2D eigenvalue weighted by Gasteiger charge is -2.11. The van der Waals surface area contributed by atoms with Crippen LogP contribution in [0.15, 0.2) is 48.0 Å². The van der Waals surface area contributed by atoms with Crippen molar-refractivity contribution in [1.29, 1.82) is 0 Å². The van der Waals surface area contributed by atoms with E-state index in [-0.39, 0.29) is 6.04 Å². The summed E-state index contributed by atoms with van der Waals surface area (Å²) in [6.07, 6.45) is 2.86. The van der Waals surface area contributed by atoms with Gasteiger partial charge in [0.1, 0.15) is 0 Å². The Balaban J connectivity index is 1.80. The fraction of sp³-hybridized carbons (Fsp3) is 0.250. The van der Waals surface area contributed by atoms with E-state index in [1.54, 1.807) is 11.3 Å². The molecular weight excluding hydrogens is 280 g/mol. The van der Waals surface area contributed by atoms with E-state index in [1.807, 2.05) is 43.0 Å². The maximum atomic E-state index is 4.69. The molecule has 1 N–H and O–H groups in total. The number of rotatable bonds is 5. The summed E-state index contributed by atoms with van der Waals surface area (Å²) in [4.78, 5) is 4.53. The van der Waals surface area contributed by atoms with Crippen LogP contribution < -0.4 is 5.32 Å². The van der Waals surface area contributed by atoms with Gasteiger partial charge in [-0.3, -0.25) is 0 Å². The van der Waals surface area contributed by atoms with Gasteiger partial charge in [-0.25, -0.2) is 9.67 Å². The smallest absolute Gasteiger partial charge is 0.0947 e. The molecule has 108 valence electrons. The number of hydrogen-bond donors (Lipinski definition) is 1. The van der Waals surface area contributed by atoms with E-state index in [4.69, 9.17) is 0 Å². The van der Waals surface area contributed by atoms with Crippen molar-refractivity contribution in [1.82, 2.24) is 20.1 Å². The largest absolute Gasteiger partial charge is 0.311 e. The molecule has 5 heteroatoms. The summed E-state index contributed by atoms with van der Waals surface area (Å²) in [5.74, 6) is 0. The topological polar surface area (TPSA) is 42.7 Å². The van der Waals surface area contributed by atoms with E-state index in [1.165, 1.54) is 0 Å². The van der Waals surface area contributed by atoms with E-state index in [0.717, 1.165) is 28.5 Å². The van der Waals surface area contributed by atoms with Crippen LogP contribution in [0.2, 0.25) is 0 Å². The molecule has 0 bridgehead atoms. The molecule has 2 aromatic heterocycles. The van der Waals surface area contributed by atoms with E-state index in [0.29, 0.717) is 0 Å². The molecule has 2 heterocycles. The minimum Gasteiger partial charge on any atom is -0.311 e. The fourth-order valence-corrected chi connectivity index (χ4v) is 3.09. The molecule has 0 fully saturated rings. The second-order valence-corrected chi connectivity index (χ2v) is 5.89. The van der Waals surface area contributed by atoms with Crippen LogP contribution >= 0.6 is 11.3 Å². The number of para-hydroxylation sites is 1. The highest BCUT2D eigenvalue weighted by molar-refractivity contribution is 7.09. The monoisotopic (exact) mass is 298 g/mol. The van der Waals surface area contributed by atoms with Crippen LogP contribution in [-0.2, 0) is 6.42 Å². The lowest BCUT2D eigenvalue weighted by atomic mass is 10.1. The van der Waals surface area contributed by atoms with Crippen LogP contribution in [0.4, 0.5) is 0 Å². The molecule has 0 spiro atoms. The second kappa shape index (κ2) is 6.20. The SMILES string of the molecule is CNC(Cc1nc(C)cs1)c1ccn(-c2ccccc2)n1. The molecule has 1 atom stereocenters. The summed E-state index contributed by atoms with van der Waals surface area (Å²) >= 11 is 1.71. The molecule has 0 radical (unpaired) electrons. The number of benzene rings is 1. The van der Waals surface area contributed by atoms with Gasteiger partial charge in [-0.2, -0.15) is 5.10 Å². The van der Waals surface area contributed by atoms with E-state index < -0.39 is 0 Å². The van der Waals surface area contributed by atoms with Crippen LogP contribution in [-0.4, -0.2) is 21.8 Å². The highest BCUT2D eigenvalue weighted by atomic mass is 32.1. The molecule has 3 rings (SSSR count). The van der Waals surface area contributed by atoms with Gasteiger partial charge < -0.3 is 5.32 Å².